The minimum absolute atomic E-state index is 0.0367. The molecule has 1 aromatic heterocycles. The molecule has 5 heteroatoms. The Labute approximate surface area is 119 Å². The van der Waals surface area contributed by atoms with Gasteiger partial charge in [-0.15, -0.1) is 0 Å². The molecule has 1 fully saturated rings. The van der Waals surface area contributed by atoms with Crippen molar-refractivity contribution >= 4 is 5.82 Å². The van der Waals surface area contributed by atoms with Crippen LogP contribution in [0.4, 0.5) is 5.82 Å². The third kappa shape index (κ3) is 2.00. The molecular formula is C15H20N4O. The van der Waals surface area contributed by atoms with E-state index in [0.29, 0.717) is 12.5 Å². The molecule has 3 heterocycles. The SMILES string of the molecule is Cc1nc(C(C)C)c2c(n1)N1CCCC(C#N)C1CO2. The second-order valence-corrected chi connectivity index (χ2v) is 5.91. The molecule has 20 heavy (non-hydrogen) atoms. The Hall–Kier alpha value is -1.83. The predicted molar refractivity (Wildman–Crippen MR) is 75.8 cm³/mol. The molecule has 0 N–H and O–H groups in total. The Morgan fingerprint density at radius 1 is 1.40 bits per heavy atom. The maximum atomic E-state index is 9.31. The van der Waals surface area contributed by atoms with E-state index in [1.165, 1.54) is 0 Å². The van der Waals surface area contributed by atoms with E-state index >= 15 is 0 Å². The van der Waals surface area contributed by atoms with Gasteiger partial charge < -0.3 is 9.64 Å². The van der Waals surface area contributed by atoms with Gasteiger partial charge in [0.2, 0.25) is 0 Å². The van der Waals surface area contributed by atoms with Gasteiger partial charge in [-0.2, -0.15) is 5.26 Å². The Bertz CT molecular complexity index is 564. The quantitative estimate of drug-likeness (QED) is 0.785. The van der Waals surface area contributed by atoms with E-state index in [4.69, 9.17) is 4.74 Å². The zero-order valence-corrected chi connectivity index (χ0v) is 12.3. The van der Waals surface area contributed by atoms with Gasteiger partial charge in [-0.25, -0.2) is 9.97 Å². The zero-order chi connectivity index (χ0) is 14.3. The lowest BCUT2D eigenvalue weighted by Gasteiger charge is -2.43. The van der Waals surface area contributed by atoms with Crippen molar-refractivity contribution in [2.45, 2.75) is 45.6 Å². The van der Waals surface area contributed by atoms with Crippen LogP contribution in [0.25, 0.3) is 0 Å². The molecule has 106 valence electrons. The zero-order valence-electron chi connectivity index (χ0n) is 12.3. The first-order chi connectivity index (χ1) is 9.61. The van der Waals surface area contributed by atoms with E-state index in [1.807, 2.05) is 6.92 Å². The average Bonchev–Trinajstić information content (AvgIpc) is 2.45. The maximum Gasteiger partial charge on any atom is 0.183 e. The third-order valence-electron chi connectivity index (χ3n) is 4.15. The summed E-state index contributed by atoms with van der Waals surface area (Å²) in [7, 11) is 0. The molecule has 0 bridgehead atoms. The maximum absolute atomic E-state index is 9.31. The third-order valence-corrected chi connectivity index (χ3v) is 4.15. The van der Waals surface area contributed by atoms with Gasteiger partial charge in [0.25, 0.3) is 0 Å². The van der Waals surface area contributed by atoms with Crippen molar-refractivity contribution in [2.75, 3.05) is 18.1 Å². The lowest BCUT2D eigenvalue weighted by Crippen LogP contribution is -2.51. The number of hydrogen-bond donors (Lipinski definition) is 0. The first-order valence-electron chi connectivity index (χ1n) is 7.29. The largest absolute Gasteiger partial charge is 0.486 e. The van der Waals surface area contributed by atoms with Crippen LogP contribution in [0.1, 0.15) is 44.1 Å². The number of ether oxygens (including phenoxy) is 1. The van der Waals surface area contributed by atoms with E-state index in [9.17, 15) is 5.26 Å². The smallest absolute Gasteiger partial charge is 0.183 e. The summed E-state index contributed by atoms with van der Waals surface area (Å²) in [6.45, 7) is 7.67. The number of aromatic nitrogens is 2. The Balaban J connectivity index is 2.07. The molecule has 2 aliphatic rings. The predicted octanol–water partition coefficient (Wildman–Crippen LogP) is 2.41. The molecule has 0 aliphatic carbocycles. The van der Waals surface area contributed by atoms with E-state index in [-0.39, 0.29) is 12.0 Å². The molecule has 2 unspecified atom stereocenters. The minimum Gasteiger partial charge on any atom is -0.486 e. The van der Waals surface area contributed by atoms with Crippen LogP contribution in [0.3, 0.4) is 0 Å². The number of nitriles is 1. The summed E-state index contributed by atoms with van der Waals surface area (Å²) in [5.41, 5.74) is 0.977. The van der Waals surface area contributed by atoms with Gasteiger partial charge in [0.1, 0.15) is 12.4 Å². The van der Waals surface area contributed by atoms with Crippen LogP contribution in [-0.2, 0) is 0 Å². The van der Waals surface area contributed by atoms with Crippen molar-refractivity contribution in [1.82, 2.24) is 9.97 Å². The van der Waals surface area contributed by atoms with Crippen LogP contribution in [0.5, 0.6) is 5.75 Å². The van der Waals surface area contributed by atoms with Crippen molar-refractivity contribution in [2.24, 2.45) is 5.92 Å². The van der Waals surface area contributed by atoms with Crippen LogP contribution >= 0.6 is 0 Å². The number of rotatable bonds is 1. The lowest BCUT2D eigenvalue weighted by molar-refractivity contribution is 0.210. The van der Waals surface area contributed by atoms with E-state index in [1.54, 1.807) is 0 Å². The molecule has 1 saturated heterocycles. The molecule has 0 radical (unpaired) electrons. The molecule has 0 spiro atoms. The molecule has 5 nitrogen and oxygen atoms in total. The number of piperidine rings is 1. The van der Waals surface area contributed by atoms with Crippen molar-refractivity contribution in [3.63, 3.8) is 0 Å². The molecular weight excluding hydrogens is 252 g/mol. The standard InChI is InChI=1S/C15H20N4O/c1-9(2)13-14-15(18-10(3)17-13)19-6-4-5-11(7-16)12(19)8-20-14/h9,11-12H,4-6,8H2,1-3H3. The van der Waals surface area contributed by atoms with E-state index < -0.39 is 0 Å². The minimum atomic E-state index is 0.0367. The van der Waals surface area contributed by atoms with Gasteiger partial charge in [0, 0.05) is 6.54 Å². The van der Waals surface area contributed by atoms with Gasteiger partial charge in [0.15, 0.2) is 11.6 Å². The summed E-state index contributed by atoms with van der Waals surface area (Å²) in [6.07, 6.45) is 1.99. The molecule has 0 aromatic carbocycles. The number of hydrogen-bond acceptors (Lipinski definition) is 5. The number of fused-ring (bicyclic) bond motifs is 3. The summed E-state index contributed by atoms with van der Waals surface area (Å²) in [6, 6.07) is 2.56. The number of nitrogens with zero attached hydrogens (tertiary/aromatic N) is 4. The highest BCUT2D eigenvalue weighted by atomic mass is 16.5. The summed E-state index contributed by atoms with van der Waals surface area (Å²) in [5.74, 6) is 2.82. The molecule has 1 aromatic rings. The Morgan fingerprint density at radius 2 is 2.20 bits per heavy atom. The molecule has 2 atom stereocenters. The normalized spacial score (nSPS) is 24.6. The Kier molecular flexibility index (Phi) is 3.25. The highest BCUT2D eigenvalue weighted by molar-refractivity contribution is 5.58. The number of aryl methyl sites for hydroxylation is 1. The highest BCUT2D eigenvalue weighted by Gasteiger charge is 2.39. The van der Waals surface area contributed by atoms with Gasteiger partial charge >= 0.3 is 0 Å². The molecule has 2 aliphatic heterocycles. The molecule has 0 saturated carbocycles. The van der Waals surface area contributed by atoms with E-state index in [2.05, 4.69) is 34.8 Å². The van der Waals surface area contributed by atoms with Crippen molar-refractivity contribution in [3.05, 3.63) is 11.5 Å². The van der Waals surface area contributed by atoms with Gasteiger partial charge in [-0.3, -0.25) is 0 Å². The van der Waals surface area contributed by atoms with Crippen LogP contribution in [0.2, 0.25) is 0 Å². The first kappa shape index (κ1) is 13.2. The lowest BCUT2D eigenvalue weighted by atomic mass is 9.89. The fourth-order valence-electron chi connectivity index (χ4n) is 3.14. The summed E-state index contributed by atoms with van der Waals surface area (Å²) in [5, 5.41) is 9.31. The van der Waals surface area contributed by atoms with Gasteiger partial charge in [-0.1, -0.05) is 13.8 Å². The number of anilines is 1. The topological polar surface area (TPSA) is 62.0 Å². The van der Waals surface area contributed by atoms with Crippen LogP contribution in [-0.4, -0.2) is 29.2 Å². The fraction of sp³-hybridized carbons (Fsp3) is 0.667. The van der Waals surface area contributed by atoms with Crippen molar-refractivity contribution in [3.8, 4) is 11.8 Å². The second-order valence-electron chi connectivity index (χ2n) is 5.91. The average molecular weight is 272 g/mol. The van der Waals surface area contributed by atoms with Gasteiger partial charge in [0.05, 0.1) is 23.7 Å². The second kappa shape index (κ2) is 4.93. The van der Waals surface area contributed by atoms with Gasteiger partial charge in [-0.05, 0) is 25.7 Å². The molecule has 0 amide bonds. The monoisotopic (exact) mass is 272 g/mol. The summed E-state index contributed by atoms with van der Waals surface area (Å²) >= 11 is 0. The van der Waals surface area contributed by atoms with E-state index in [0.717, 1.165) is 42.5 Å². The van der Waals surface area contributed by atoms with Crippen LogP contribution < -0.4 is 9.64 Å². The van der Waals surface area contributed by atoms with Crippen LogP contribution in [0, 0.1) is 24.2 Å². The first-order valence-corrected chi connectivity index (χ1v) is 7.29. The Morgan fingerprint density at radius 3 is 2.90 bits per heavy atom. The van der Waals surface area contributed by atoms with Crippen LogP contribution in [0.15, 0.2) is 0 Å². The summed E-state index contributed by atoms with van der Waals surface area (Å²) in [4.78, 5) is 11.4. The summed E-state index contributed by atoms with van der Waals surface area (Å²) < 4.78 is 5.95. The van der Waals surface area contributed by atoms with Crippen molar-refractivity contribution in [1.29, 1.82) is 5.26 Å². The highest BCUT2D eigenvalue weighted by Crippen LogP contribution is 2.41. The van der Waals surface area contributed by atoms with Crippen molar-refractivity contribution < 1.29 is 4.74 Å². The fourth-order valence-corrected chi connectivity index (χ4v) is 3.14. The molecule has 3 rings (SSSR count).